The van der Waals surface area contributed by atoms with Gasteiger partial charge in [0.15, 0.2) is 18.1 Å². The number of hydrogen-bond donors (Lipinski definition) is 1. The highest BCUT2D eigenvalue weighted by molar-refractivity contribution is 5.94. The number of carbonyl (C=O) groups excluding carboxylic acids is 2. The van der Waals surface area contributed by atoms with E-state index in [2.05, 4.69) is 22.2 Å². The van der Waals surface area contributed by atoms with Gasteiger partial charge >= 0.3 is 0 Å². The number of ether oxygens (including phenoxy) is 2. The second-order valence-corrected chi connectivity index (χ2v) is 8.93. The van der Waals surface area contributed by atoms with Crippen LogP contribution in [0.2, 0.25) is 0 Å². The van der Waals surface area contributed by atoms with Crippen LogP contribution in [0, 0.1) is 0 Å². The summed E-state index contributed by atoms with van der Waals surface area (Å²) in [6.07, 6.45) is 5.31. The predicted molar refractivity (Wildman–Crippen MR) is 129 cm³/mol. The van der Waals surface area contributed by atoms with Gasteiger partial charge in [0.1, 0.15) is 0 Å². The van der Waals surface area contributed by atoms with E-state index in [0.29, 0.717) is 30.2 Å². The number of carbonyl (C=O) groups is 2. The molecule has 3 rings (SSSR count). The van der Waals surface area contributed by atoms with Crippen LogP contribution in [0.4, 0.5) is 0 Å². The van der Waals surface area contributed by atoms with Crippen LogP contribution >= 0.6 is 0 Å². The Bertz CT molecular complexity index is 759. The lowest BCUT2D eigenvalue weighted by Crippen LogP contribution is -2.44. The first kappa shape index (κ1) is 25.3. The van der Waals surface area contributed by atoms with Crippen LogP contribution in [0.3, 0.4) is 0 Å². The molecule has 0 atom stereocenters. The average Bonchev–Trinajstić information content (AvgIpc) is 2.84. The van der Waals surface area contributed by atoms with Crippen molar-refractivity contribution >= 4 is 11.8 Å². The zero-order valence-electron chi connectivity index (χ0n) is 20.3. The Balaban J connectivity index is 1.43. The van der Waals surface area contributed by atoms with Gasteiger partial charge in [0.05, 0.1) is 6.61 Å². The van der Waals surface area contributed by atoms with E-state index in [0.717, 1.165) is 71.5 Å². The standard InChI is InChI=1S/C25H40N4O4/c1-3-32-23-19-21(9-10-22(23)33-20-24(30)29-13-6-4-7-14-29)25(31)26-11-5-8-12-28-17-15-27(2)16-18-28/h9-10,19H,3-8,11-18,20H2,1-2H3,(H,26,31). The maximum absolute atomic E-state index is 12.6. The molecule has 2 fully saturated rings. The van der Waals surface area contributed by atoms with Crippen molar-refractivity contribution in [1.82, 2.24) is 20.0 Å². The number of rotatable bonds is 11. The normalized spacial score (nSPS) is 17.6. The lowest BCUT2D eigenvalue weighted by molar-refractivity contribution is -0.134. The van der Waals surface area contributed by atoms with E-state index in [1.807, 2.05) is 11.8 Å². The molecule has 184 valence electrons. The zero-order chi connectivity index (χ0) is 23.5. The Morgan fingerprint density at radius 1 is 0.939 bits per heavy atom. The molecule has 2 saturated heterocycles. The Hall–Kier alpha value is -2.32. The topological polar surface area (TPSA) is 74.4 Å². The van der Waals surface area contributed by atoms with Gasteiger partial charge in [-0.15, -0.1) is 0 Å². The Morgan fingerprint density at radius 3 is 2.42 bits per heavy atom. The summed E-state index contributed by atoms with van der Waals surface area (Å²) in [6.45, 7) is 10.2. The van der Waals surface area contributed by atoms with E-state index in [-0.39, 0.29) is 18.4 Å². The molecule has 2 amide bonds. The summed E-state index contributed by atoms with van der Waals surface area (Å²) in [4.78, 5) is 31.7. The number of unbranched alkanes of at least 4 members (excludes halogenated alkanes) is 1. The van der Waals surface area contributed by atoms with Crippen molar-refractivity contribution < 1.29 is 19.1 Å². The molecule has 0 aromatic heterocycles. The maximum Gasteiger partial charge on any atom is 0.260 e. The molecular weight excluding hydrogens is 420 g/mol. The van der Waals surface area contributed by atoms with Crippen molar-refractivity contribution in [2.75, 3.05) is 72.6 Å². The van der Waals surface area contributed by atoms with Crippen molar-refractivity contribution in [2.45, 2.75) is 39.0 Å². The molecule has 0 unspecified atom stereocenters. The molecule has 0 radical (unpaired) electrons. The molecule has 2 aliphatic rings. The van der Waals surface area contributed by atoms with Crippen LogP contribution in [-0.2, 0) is 4.79 Å². The Labute approximate surface area is 198 Å². The Morgan fingerprint density at radius 2 is 1.70 bits per heavy atom. The first-order valence-electron chi connectivity index (χ1n) is 12.4. The highest BCUT2D eigenvalue weighted by Gasteiger charge is 2.18. The fourth-order valence-electron chi connectivity index (χ4n) is 4.25. The third-order valence-corrected chi connectivity index (χ3v) is 6.35. The highest BCUT2D eigenvalue weighted by atomic mass is 16.5. The fourth-order valence-corrected chi connectivity index (χ4v) is 4.25. The number of benzene rings is 1. The van der Waals surface area contributed by atoms with Crippen LogP contribution < -0.4 is 14.8 Å². The van der Waals surface area contributed by atoms with Gasteiger partial charge in [-0.2, -0.15) is 0 Å². The van der Waals surface area contributed by atoms with E-state index in [4.69, 9.17) is 9.47 Å². The summed E-state index contributed by atoms with van der Waals surface area (Å²) >= 11 is 0. The van der Waals surface area contributed by atoms with E-state index >= 15 is 0 Å². The van der Waals surface area contributed by atoms with E-state index in [9.17, 15) is 9.59 Å². The quantitative estimate of drug-likeness (QED) is 0.511. The van der Waals surface area contributed by atoms with Crippen molar-refractivity contribution in [2.24, 2.45) is 0 Å². The van der Waals surface area contributed by atoms with Crippen molar-refractivity contribution in [3.8, 4) is 11.5 Å². The number of piperidine rings is 1. The number of nitrogens with one attached hydrogen (secondary N) is 1. The summed E-state index contributed by atoms with van der Waals surface area (Å²) < 4.78 is 11.4. The van der Waals surface area contributed by atoms with Gasteiger partial charge < -0.3 is 29.5 Å². The highest BCUT2D eigenvalue weighted by Crippen LogP contribution is 2.28. The fraction of sp³-hybridized carbons (Fsp3) is 0.680. The van der Waals surface area contributed by atoms with Gasteiger partial charge in [0.2, 0.25) is 0 Å². The zero-order valence-corrected chi connectivity index (χ0v) is 20.3. The van der Waals surface area contributed by atoms with Gasteiger partial charge in [0.25, 0.3) is 11.8 Å². The average molecular weight is 461 g/mol. The maximum atomic E-state index is 12.6. The van der Waals surface area contributed by atoms with Crippen molar-refractivity contribution in [1.29, 1.82) is 0 Å². The van der Waals surface area contributed by atoms with Gasteiger partial charge in [-0.1, -0.05) is 0 Å². The summed E-state index contributed by atoms with van der Waals surface area (Å²) in [5, 5.41) is 3.00. The summed E-state index contributed by atoms with van der Waals surface area (Å²) in [5.41, 5.74) is 0.534. The largest absolute Gasteiger partial charge is 0.490 e. The van der Waals surface area contributed by atoms with E-state index in [1.54, 1.807) is 18.2 Å². The summed E-state index contributed by atoms with van der Waals surface area (Å²) in [7, 11) is 2.16. The van der Waals surface area contributed by atoms with Crippen LogP contribution in [0.25, 0.3) is 0 Å². The van der Waals surface area contributed by atoms with E-state index < -0.39 is 0 Å². The summed E-state index contributed by atoms with van der Waals surface area (Å²) in [5.74, 6) is 0.861. The molecule has 1 aromatic carbocycles. The molecule has 0 saturated carbocycles. The van der Waals surface area contributed by atoms with Gasteiger partial charge in [-0.3, -0.25) is 9.59 Å². The molecule has 1 aromatic rings. The minimum absolute atomic E-state index is 0.00413. The minimum atomic E-state index is -0.119. The Kier molecular flexibility index (Phi) is 10.3. The third-order valence-electron chi connectivity index (χ3n) is 6.35. The second-order valence-electron chi connectivity index (χ2n) is 8.93. The number of likely N-dealkylation sites (tertiary alicyclic amines) is 1. The number of nitrogens with zero attached hydrogens (tertiary/aromatic N) is 3. The van der Waals surface area contributed by atoms with Crippen molar-refractivity contribution in [3.05, 3.63) is 23.8 Å². The first-order valence-corrected chi connectivity index (χ1v) is 12.4. The molecule has 8 heteroatoms. The first-order chi connectivity index (χ1) is 16.1. The predicted octanol–water partition coefficient (Wildman–Crippen LogP) is 2.23. The molecule has 0 spiro atoms. The SMILES string of the molecule is CCOc1cc(C(=O)NCCCCN2CCN(C)CC2)ccc1OCC(=O)N1CCCCC1. The monoisotopic (exact) mass is 460 g/mol. The van der Waals surface area contributed by atoms with Crippen LogP contribution in [0.5, 0.6) is 11.5 Å². The molecule has 33 heavy (non-hydrogen) atoms. The van der Waals surface area contributed by atoms with Crippen LogP contribution in [0.1, 0.15) is 49.4 Å². The smallest absolute Gasteiger partial charge is 0.260 e. The van der Waals surface area contributed by atoms with E-state index in [1.165, 1.54) is 6.42 Å². The van der Waals surface area contributed by atoms with Crippen LogP contribution in [-0.4, -0.2) is 99.1 Å². The lowest BCUT2D eigenvalue weighted by Gasteiger charge is -2.32. The number of hydrogen-bond acceptors (Lipinski definition) is 6. The molecule has 2 heterocycles. The minimum Gasteiger partial charge on any atom is -0.490 e. The lowest BCUT2D eigenvalue weighted by atomic mass is 10.1. The summed E-state index contributed by atoms with van der Waals surface area (Å²) in [6, 6.07) is 5.14. The van der Waals surface area contributed by atoms with Gasteiger partial charge in [-0.25, -0.2) is 0 Å². The van der Waals surface area contributed by atoms with Crippen LogP contribution in [0.15, 0.2) is 18.2 Å². The number of amides is 2. The molecular formula is C25H40N4O4. The third kappa shape index (κ3) is 8.19. The van der Waals surface area contributed by atoms with Crippen molar-refractivity contribution in [3.63, 3.8) is 0 Å². The molecule has 2 aliphatic heterocycles. The number of likely N-dealkylation sites (N-methyl/N-ethyl adjacent to an activating group) is 1. The van der Waals surface area contributed by atoms with Gasteiger partial charge in [-0.05, 0) is 70.8 Å². The molecule has 1 N–H and O–H groups in total. The second kappa shape index (κ2) is 13.4. The molecule has 8 nitrogen and oxygen atoms in total. The number of piperazine rings is 1. The molecule has 0 aliphatic carbocycles. The molecule has 0 bridgehead atoms. The van der Waals surface area contributed by atoms with Gasteiger partial charge in [0, 0.05) is 51.4 Å².